The number of aromatic nitrogens is 1. The molecule has 0 bridgehead atoms. The van der Waals surface area contributed by atoms with Gasteiger partial charge in [-0.05, 0) is 37.4 Å². The summed E-state index contributed by atoms with van der Waals surface area (Å²) in [5, 5.41) is 6.30. The minimum atomic E-state index is -0.398. The van der Waals surface area contributed by atoms with Crippen molar-refractivity contribution in [1.82, 2.24) is 10.3 Å². The number of fused-ring (bicyclic) bond motifs is 1. The van der Waals surface area contributed by atoms with E-state index in [0.29, 0.717) is 5.57 Å². The first kappa shape index (κ1) is 14.9. The van der Waals surface area contributed by atoms with Crippen LogP contribution in [0.25, 0.3) is 5.57 Å². The van der Waals surface area contributed by atoms with Crippen LogP contribution in [0.3, 0.4) is 0 Å². The summed E-state index contributed by atoms with van der Waals surface area (Å²) in [7, 11) is 0. The normalized spacial score (nSPS) is 18.2. The van der Waals surface area contributed by atoms with Gasteiger partial charge in [0.25, 0.3) is 5.91 Å². The number of pyridine rings is 1. The van der Waals surface area contributed by atoms with E-state index >= 15 is 0 Å². The molecule has 2 aliphatic rings. The minimum Gasteiger partial charge on any atom is -0.482 e. The van der Waals surface area contributed by atoms with Crippen molar-refractivity contribution >= 4 is 17.2 Å². The van der Waals surface area contributed by atoms with Crippen LogP contribution in [0.5, 0.6) is 5.75 Å². The molecule has 1 saturated heterocycles. The van der Waals surface area contributed by atoms with Gasteiger partial charge < -0.3 is 15.4 Å². The minimum absolute atomic E-state index is 0.116. The Hall–Kier alpha value is -2.66. The predicted molar refractivity (Wildman–Crippen MR) is 92.7 cm³/mol. The highest BCUT2D eigenvalue weighted by molar-refractivity contribution is 6.26. The van der Waals surface area contributed by atoms with E-state index in [-0.39, 0.29) is 5.91 Å². The molecule has 1 aromatic heterocycles. The number of ether oxygens (including phenoxy) is 1. The molecule has 0 atom stereocenters. The van der Waals surface area contributed by atoms with Crippen molar-refractivity contribution in [1.29, 1.82) is 0 Å². The molecule has 0 unspecified atom stereocenters. The summed E-state index contributed by atoms with van der Waals surface area (Å²) >= 11 is 0. The molecule has 1 fully saturated rings. The highest BCUT2D eigenvalue weighted by atomic mass is 16.5. The largest absolute Gasteiger partial charge is 0.482 e. The summed E-state index contributed by atoms with van der Waals surface area (Å²) in [6.45, 7) is 1.77. The van der Waals surface area contributed by atoms with Crippen molar-refractivity contribution in [3.8, 4) is 5.75 Å². The number of piperidine rings is 1. The van der Waals surface area contributed by atoms with Gasteiger partial charge in [0, 0.05) is 36.5 Å². The van der Waals surface area contributed by atoms with Gasteiger partial charge in [0.05, 0.1) is 5.57 Å². The predicted octanol–water partition coefficient (Wildman–Crippen LogP) is 2.62. The number of hydrogen-bond donors (Lipinski definition) is 2. The molecule has 0 radical (unpaired) electrons. The van der Waals surface area contributed by atoms with Gasteiger partial charge in [-0.2, -0.15) is 0 Å². The SMILES string of the molecule is O=C(Nc1ccncc1)C1=CC2(CCNCC2)Oc2ccccc21. The third kappa shape index (κ3) is 2.78. The Morgan fingerprint density at radius 3 is 2.67 bits per heavy atom. The van der Waals surface area contributed by atoms with Crippen molar-refractivity contribution in [2.75, 3.05) is 18.4 Å². The summed E-state index contributed by atoms with van der Waals surface area (Å²) in [5.74, 6) is 0.664. The monoisotopic (exact) mass is 321 g/mol. The lowest BCUT2D eigenvalue weighted by Gasteiger charge is -2.39. The van der Waals surface area contributed by atoms with E-state index in [1.165, 1.54) is 0 Å². The van der Waals surface area contributed by atoms with E-state index in [0.717, 1.165) is 42.9 Å². The Morgan fingerprint density at radius 1 is 1.12 bits per heavy atom. The van der Waals surface area contributed by atoms with Crippen LogP contribution >= 0.6 is 0 Å². The molecule has 4 rings (SSSR count). The fourth-order valence-electron chi connectivity index (χ4n) is 3.29. The lowest BCUT2D eigenvalue weighted by molar-refractivity contribution is -0.111. The zero-order chi connectivity index (χ0) is 16.4. The van der Waals surface area contributed by atoms with Crippen molar-refractivity contribution in [3.05, 3.63) is 60.4 Å². The average Bonchev–Trinajstić information content (AvgIpc) is 2.62. The maximum atomic E-state index is 12.9. The first-order chi connectivity index (χ1) is 11.8. The fourth-order valence-corrected chi connectivity index (χ4v) is 3.29. The number of hydrogen-bond acceptors (Lipinski definition) is 4. The lowest BCUT2D eigenvalue weighted by Crippen LogP contribution is -2.46. The van der Waals surface area contributed by atoms with Crippen molar-refractivity contribution in [2.45, 2.75) is 18.4 Å². The molecule has 24 heavy (non-hydrogen) atoms. The van der Waals surface area contributed by atoms with Gasteiger partial charge in [0.1, 0.15) is 11.4 Å². The number of amides is 1. The highest BCUT2D eigenvalue weighted by Crippen LogP contribution is 2.40. The van der Waals surface area contributed by atoms with Crippen LogP contribution in [-0.4, -0.2) is 29.6 Å². The van der Waals surface area contributed by atoms with Crippen LogP contribution in [0, 0.1) is 0 Å². The summed E-state index contributed by atoms with van der Waals surface area (Å²) in [6.07, 6.45) is 7.04. The van der Waals surface area contributed by atoms with Crippen LogP contribution in [0.4, 0.5) is 5.69 Å². The molecule has 3 heterocycles. The summed E-state index contributed by atoms with van der Waals surface area (Å²) in [6, 6.07) is 11.3. The second-order valence-corrected chi connectivity index (χ2v) is 6.16. The van der Waals surface area contributed by atoms with E-state index in [1.807, 2.05) is 30.3 Å². The zero-order valence-corrected chi connectivity index (χ0v) is 13.3. The number of carbonyl (C=O) groups excluding carboxylic acids is 1. The van der Waals surface area contributed by atoms with Crippen LogP contribution < -0.4 is 15.4 Å². The van der Waals surface area contributed by atoms with Crippen LogP contribution in [0.1, 0.15) is 18.4 Å². The number of para-hydroxylation sites is 1. The number of rotatable bonds is 2. The van der Waals surface area contributed by atoms with E-state index < -0.39 is 5.60 Å². The Labute approximate surface area is 140 Å². The molecule has 5 nitrogen and oxygen atoms in total. The number of anilines is 1. The van der Waals surface area contributed by atoms with Gasteiger partial charge in [0.15, 0.2) is 0 Å². The molecule has 122 valence electrons. The van der Waals surface area contributed by atoms with Crippen molar-refractivity contribution in [2.24, 2.45) is 0 Å². The average molecular weight is 321 g/mol. The summed E-state index contributed by atoms with van der Waals surface area (Å²) in [4.78, 5) is 16.9. The molecular weight excluding hydrogens is 302 g/mol. The molecule has 1 amide bonds. The third-order valence-electron chi connectivity index (χ3n) is 4.53. The Kier molecular flexibility index (Phi) is 3.78. The van der Waals surface area contributed by atoms with Gasteiger partial charge in [-0.15, -0.1) is 0 Å². The second-order valence-electron chi connectivity index (χ2n) is 6.16. The number of nitrogens with zero attached hydrogens (tertiary/aromatic N) is 1. The topological polar surface area (TPSA) is 63.2 Å². The first-order valence-corrected chi connectivity index (χ1v) is 8.19. The van der Waals surface area contributed by atoms with Crippen molar-refractivity contribution < 1.29 is 9.53 Å². The number of nitrogens with one attached hydrogen (secondary N) is 2. The van der Waals surface area contributed by atoms with E-state index in [2.05, 4.69) is 15.6 Å². The molecule has 2 aromatic rings. The van der Waals surface area contributed by atoms with Gasteiger partial charge in [-0.3, -0.25) is 9.78 Å². The summed E-state index contributed by atoms with van der Waals surface area (Å²) < 4.78 is 6.28. The molecule has 2 N–H and O–H groups in total. The molecular formula is C19H19N3O2. The molecule has 2 aliphatic heterocycles. The van der Waals surface area contributed by atoms with Crippen molar-refractivity contribution in [3.63, 3.8) is 0 Å². The Morgan fingerprint density at radius 2 is 1.88 bits per heavy atom. The van der Waals surface area contributed by atoms with E-state index in [1.54, 1.807) is 24.5 Å². The maximum absolute atomic E-state index is 12.9. The third-order valence-corrected chi connectivity index (χ3v) is 4.53. The quantitative estimate of drug-likeness (QED) is 0.892. The zero-order valence-electron chi connectivity index (χ0n) is 13.3. The molecule has 0 saturated carbocycles. The van der Waals surface area contributed by atoms with Crippen LogP contribution in [-0.2, 0) is 4.79 Å². The van der Waals surface area contributed by atoms with Gasteiger partial charge >= 0.3 is 0 Å². The molecule has 0 aliphatic carbocycles. The fraction of sp³-hybridized carbons (Fsp3) is 0.263. The number of benzene rings is 1. The first-order valence-electron chi connectivity index (χ1n) is 8.19. The molecule has 1 spiro atoms. The summed E-state index contributed by atoms with van der Waals surface area (Å²) in [5.41, 5.74) is 1.85. The lowest BCUT2D eigenvalue weighted by atomic mass is 9.85. The highest BCUT2D eigenvalue weighted by Gasteiger charge is 2.38. The Bertz CT molecular complexity index is 780. The number of carbonyl (C=O) groups is 1. The second kappa shape index (κ2) is 6.09. The van der Waals surface area contributed by atoms with Gasteiger partial charge in [-0.1, -0.05) is 18.2 Å². The van der Waals surface area contributed by atoms with Gasteiger partial charge in [0.2, 0.25) is 0 Å². The smallest absolute Gasteiger partial charge is 0.256 e. The standard InChI is InChI=1S/C19H19N3O2/c23-18(22-14-5-9-20-10-6-14)16-13-19(7-11-21-12-8-19)24-17-4-2-1-3-15(16)17/h1-6,9-10,13,21H,7-8,11-12H2,(H,20,22,23). The molecule has 5 heteroatoms. The molecule has 1 aromatic carbocycles. The Balaban J connectivity index is 1.71. The van der Waals surface area contributed by atoms with E-state index in [4.69, 9.17) is 4.74 Å². The maximum Gasteiger partial charge on any atom is 0.256 e. The van der Waals surface area contributed by atoms with Crippen LogP contribution in [0.15, 0.2) is 54.9 Å². The van der Waals surface area contributed by atoms with Gasteiger partial charge in [-0.25, -0.2) is 0 Å². The van der Waals surface area contributed by atoms with E-state index in [9.17, 15) is 4.79 Å². The van der Waals surface area contributed by atoms with Crippen LogP contribution in [0.2, 0.25) is 0 Å².